The van der Waals surface area contributed by atoms with Crippen LogP contribution in [-0.4, -0.2) is 4.57 Å². The molecule has 0 fully saturated rings. The summed E-state index contributed by atoms with van der Waals surface area (Å²) in [6, 6.07) is 10.8. The van der Waals surface area contributed by atoms with E-state index in [2.05, 4.69) is 48.9 Å². The molecule has 0 N–H and O–H groups in total. The molecular weight excluding hydrogens is 158 g/mol. The van der Waals surface area contributed by atoms with Gasteiger partial charge in [0, 0.05) is 18.3 Å². The van der Waals surface area contributed by atoms with E-state index in [1.807, 2.05) is 0 Å². The molecule has 0 radical (unpaired) electrons. The van der Waals surface area contributed by atoms with Crippen LogP contribution in [0.3, 0.4) is 0 Å². The number of benzene rings is 1. The lowest BCUT2D eigenvalue weighted by molar-refractivity contribution is 0.805. The lowest BCUT2D eigenvalue weighted by Crippen LogP contribution is -1.94. The van der Waals surface area contributed by atoms with Gasteiger partial charge in [-0.1, -0.05) is 31.5 Å². The van der Waals surface area contributed by atoms with E-state index in [4.69, 9.17) is 0 Å². The second kappa shape index (κ2) is 3.25. The number of hydrogen-bond donors (Lipinski definition) is 0. The van der Waals surface area contributed by atoms with Crippen LogP contribution < -0.4 is 0 Å². The smallest absolute Gasteiger partial charge is 0.0479 e. The Morgan fingerprint density at radius 2 is 2.00 bits per heavy atom. The maximum Gasteiger partial charge on any atom is 0.0479 e. The first-order valence-corrected chi connectivity index (χ1v) is 4.86. The Morgan fingerprint density at radius 1 is 1.23 bits per heavy atom. The molecule has 1 heterocycles. The van der Waals surface area contributed by atoms with Crippen LogP contribution in [-0.2, 0) is 13.5 Å². The zero-order chi connectivity index (χ0) is 9.26. The second-order valence-corrected chi connectivity index (χ2v) is 3.50. The van der Waals surface area contributed by atoms with Crippen molar-refractivity contribution in [2.75, 3.05) is 0 Å². The van der Waals surface area contributed by atoms with Crippen molar-refractivity contribution in [3.63, 3.8) is 0 Å². The first-order chi connectivity index (χ1) is 6.33. The molecule has 0 bridgehead atoms. The van der Waals surface area contributed by atoms with Crippen molar-refractivity contribution in [1.82, 2.24) is 4.57 Å². The van der Waals surface area contributed by atoms with E-state index in [0.29, 0.717) is 0 Å². The summed E-state index contributed by atoms with van der Waals surface area (Å²) in [5, 5.41) is 1.36. The molecule has 13 heavy (non-hydrogen) atoms. The largest absolute Gasteiger partial charge is 0.348 e. The molecule has 1 aromatic heterocycles. The molecule has 0 aliphatic heterocycles. The van der Waals surface area contributed by atoms with E-state index in [-0.39, 0.29) is 0 Å². The number of fused-ring (bicyclic) bond motifs is 1. The van der Waals surface area contributed by atoms with E-state index in [1.54, 1.807) is 0 Å². The molecule has 2 rings (SSSR count). The van der Waals surface area contributed by atoms with Crippen molar-refractivity contribution in [1.29, 1.82) is 0 Å². The number of para-hydroxylation sites is 1. The van der Waals surface area contributed by atoms with Gasteiger partial charge in [0.05, 0.1) is 0 Å². The standard InChI is InChI=1S/C12H15N/c1-3-6-11-9-10-7-4-5-8-12(10)13(11)2/h4-5,7-9H,3,6H2,1-2H3. The van der Waals surface area contributed by atoms with Crippen molar-refractivity contribution in [3.8, 4) is 0 Å². The van der Waals surface area contributed by atoms with Crippen LogP contribution in [0, 0.1) is 0 Å². The molecule has 0 saturated carbocycles. The minimum Gasteiger partial charge on any atom is -0.348 e. The second-order valence-electron chi connectivity index (χ2n) is 3.50. The summed E-state index contributed by atoms with van der Waals surface area (Å²) >= 11 is 0. The summed E-state index contributed by atoms with van der Waals surface area (Å²) in [5.74, 6) is 0. The Hall–Kier alpha value is -1.24. The zero-order valence-corrected chi connectivity index (χ0v) is 8.25. The first-order valence-electron chi connectivity index (χ1n) is 4.86. The van der Waals surface area contributed by atoms with Crippen LogP contribution in [0.5, 0.6) is 0 Å². The molecule has 0 aliphatic rings. The van der Waals surface area contributed by atoms with Crippen LogP contribution in [0.15, 0.2) is 30.3 Å². The third-order valence-corrected chi connectivity index (χ3v) is 2.56. The highest BCUT2D eigenvalue weighted by Gasteiger charge is 2.02. The number of aromatic nitrogens is 1. The number of hydrogen-bond acceptors (Lipinski definition) is 0. The first kappa shape index (κ1) is 8.36. The van der Waals surface area contributed by atoms with Crippen molar-refractivity contribution < 1.29 is 0 Å². The minimum atomic E-state index is 1.17. The van der Waals surface area contributed by atoms with Crippen LogP contribution in [0.4, 0.5) is 0 Å². The monoisotopic (exact) mass is 173 g/mol. The Morgan fingerprint density at radius 3 is 2.69 bits per heavy atom. The van der Waals surface area contributed by atoms with Crippen molar-refractivity contribution in [2.45, 2.75) is 19.8 Å². The molecule has 1 nitrogen and oxygen atoms in total. The predicted molar refractivity (Wildman–Crippen MR) is 56.9 cm³/mol. The molecule has 0 unspecified atom stereocenters. The SMILES string of the molecule is CCCc1cc2ccccc2n1C. The Labute approximate surface area is 79.0 Å². The molecule has 0 spiro atoms. The molecule has 0 saturated heterocycles. The summed E-state index contributed by atoms with van der Waals surface area (Å²) in [6.07, 6.45) is 2.38. The lowest BCUT2D eigenvalue weighted by atomic mass is 10.2. The van der Waals surface area contributed by atoms with Crippen molar-refractivity contribution in [3.05, 3.63) is 36.0 Å². The highest BCUT2D eigenvalue weighted by atomic mass is 14.9. The fourth-order valence-corrected chi connectivity index (χ4v) is 1.84. The average Bonchev–Trinajstić information content (AvgIpc) is 2.46. The van der Waals surface area contributed by atoms with Gasteiger partial charge in [0.25, 0.3) is 0 Å². The molecule has 0 amide bonds. The predicted octanol–water partition coefficient (Wildman–Crippen LogP) is 3.13. The third kappa shape index (κ3) is 1.35. The van der Waals surface area contributed by atoms with Gasteiger partial charge in [0.1, 0.15) is 0 Å². The Bertz CT molecular complexity index is 412. The minimum absolute atomic E-state index is 1.17. The molecular formula is C12H15N. The third-order valence-electron chi connectivity index (χ3n) is 2.56. The molecule has 0 aliphatic carbocycles. The van der Waals surface area contributed by atoms with Crippen LogP contribution in [0.25, 0.3) is 10.9 Å². The molecule has 1 aromatic carbocycles. The van der Waals surface area contributed by atoms with E-state index < -0.39 is 0 Å². The Balaban J connectivity index is 2.60. The fourth-order valence-electron chi connectivity index (χ4n) is 1.84. The molecule has 1 heteroatoms. The molecule has 2 aromatic rings. The van der Waals surface area contributed by atoms with E-state index >= 15 is 0 Å². The van der Waals surface area contributed by atoms with Gasteiger partial charge < -0.3 is 4.57 Å². The molecule has 0 atom stereocenters. The summed E-state index contributed by atoms with van der Waals surface area (Å²) < 4.78 is 2.29. The zero-order valence-electron chi connectivity index (χ0n) is 8.25. The van der Waals surface area contributed by atoms with Crippen molar-refractivity contribution in [2.24, 2.45) is 7.05 Å². The van der Waals surface area contributed by atoms with Gasteiger partial charge in [-0.15, -0.1) is 0 Å². The normalized spacial score (nSPS) is 10.9. The van der Waals surface area contributed by atoms with Gasteiger partial charge in [0.2, 0.25) is 0 Å². The lowest BCUT2D eigenvalue weighted by Gasteiger charge is -2.01. The number of rotatable bonds is 2. The highest BCUT2D eigenvalue weighted by Crippen LogP contribution is 2.18. The van der Waals surface area contributed by atoms with Gasteiger partial charge in [0.15, 0.2) is 0 Å². The summed E-state index contributed by atoms with van der Waals surface area (Å²) in [6.45, 7) is 2.22. The van der Waals surface area contributed by atoms with E-state index in [0.717, 1.165) is 0 Å². The van der Waals surface area contributed by atoms with Gasteiger partial charge in [-0.25, -0.2) is 0 Å². The highest BCUT2D eigenvalue weighted by molar-refractivity contribution is 5.81. The van der Waals surface area contributed by atoms with Gasteiger partial charge in [-0.3, -0.25) is 0 Å². The average molecular weight is 173 g/mol. The summed E-state index contributed by atoms with van der Waals surface area (Å²) in [5.41, 5.74) is 2.77. The maximum atomic E-state index is 2.29. The number of aryl methyl sites for hydroxylation is 2. The maximum absolute atomic E-state index is 2.29. The number of nitrogens with zero attached hydrogens (tertiary/aromatic N) is 1. The van der Waals surface area contributed by atoms with Crippen LogP contribution in [0.2, 0.25) is 0 Å². The molecule has 68 valence electrons. The van der Waals surface area contributed by atoms with Gasteiger partial charge in [-0.05, 0) is 23.9 Å². The van der Waals surface area contributed by atoms with Gasteiger partial charge >= 0.3 is 0 Å². The fraction of sp³-hybridized carbons (Fsp3) is 0.333. The van der Waals surface area contributed by atoms with E-state index in [1.165, 1.54) is 29.4 Å². The van der Waals surface area contributed by atoms with E-state index in [9.17, 15) is 0 Å². The summed E-state index contributed by atoms with van der Waals surface area (Å²) in [7, 11) is 2.15. The van der Waals surface area contributed by atoms with Crippen molar-refractivity contribution >= 4 is 10.9 Å². The topological polar surface area (TPSA) is 4.93 Å². The summed E-state index contributed by atoms with van der Waals surface area (Å²) in [4.78, 5) is 0. The Kier molecular flexibility index (Phi) is 2.09. The van der Waals surface area contributed by atoms with Crippen LogP contribution >= 0.6 is 0 Å². The van der Waals surface area contributed by atoms with Crippen LogP contribution in [0.1, 0.15) is 19.0 Å². The van der Waals surface area contributed by atoms with Gasteiger partial charge in [-0.2, -0.15) is 0 Å². The quantitative estimate of drug-likeness (QED) is 0.657.